The first-order valence-electron chi connectivity index (χ1n) is 7.59. The van der Waals surface area contributed by atoms with Crippen molar-refractivity contribution in [1.29, 1.82) is 0 Å². The molecular weight excluding hydrogens is 226 g/mol. The quantitative estimate of drug-likeness (QED) is 0.493. The maximum absolute atomic E-state index is 10.2. The molecule has 0 atom stereocenters. The van der Waals surface area contributed by atoms with Gasteiger partial charge >= 0.3 is 6.09 Å². The number of carbonyl (C=O) groups is 1. The molecule has 0 fully saturated rings. The zero-order valence-electron chi connectivity index (χ0n) is 12.2. The summed E-state index contributed by atoms with van der Waals surface area (Å²) in [7, 11) is 0. The summed E-state index contributed by atoms with van der Waals surface area (Å²) >= 11 is 0. The van der Waals surface area contributed by atoms with Crippen LogP contribution in [0.1, 0.15) is 78.1 Å². The summed E-state index contributed by atoms with van der Waals surface area (Å²) in [4.78, 5) is 10.2. The summed E-state index contributed by atoms with van der Waals surface area (Å²) < 4.78 is 0. The van der Waals surface area contributed by atoms with Gasteiger partial charge in [0.15, 0.2) is 0 Å². The van der Waals surface area contributed by atoms with Gasteiger partial charge in [0, 0.05) is 6.54 Å². The number of nitrogens with one attached hydrogen (secondary N) is 1. The third kappa shape index (κ3) is 15.3. The van der Waals surface area contributed by atoms with Crippen molar-refractivity contribution >= 4 is 6.09 Å². The third-order valence-corrected chi connectivity index (χ3v) is 3.23. The van der Waals surface area contributed by atoms with E-state index in [2.05, 4.69) is 19.2 Å². The van der Waals surface area contributed by atoms with Crippen LogP contribution in [0.3, 0.4) is 0 Å². The molecule has 1 amide bonds. The van der Waals surface area contributed by atoms with Crippen LogP contribution in [0.15, 0.2) is 0 Å². The van der Waals surface area contributed by atoms with Crippen molar-refractivity contribution in [2.45, 2.75) is 78.1 Å². The van der Waals surface area contributed by atoms with E-state index in [4.69, 9.17) is 5.11 Å². The van der Waals surface area contributed by atoms with Crippen molar-refractivity contribution in [3.8, 4) is 0 Å². The largest absolute Gasteiger partial charge is 0.465 e. The van der Waals surface area contributed by atoms with Gasteiger partial charge in [0.1, 0.15) is 0 Å². The Balaban J connectivity index is 2.97. The number of hydrogen-bond acceptors (Lipinski definition) is 1. The molecule has 0 heterocycles. The molecule has 0 aliphatic carbocycles. The van der Waals surface area contributed by atoms with Gasteiger partial charge < -0.3 is 10.4 Å². The van der Waals surface area contributed by atoms with Crippen LogP contribution in [0.4, 0.5) is 4.79 Å². The van der Waals surface area contributed by atoms with Crippen molar-refractivity contribution in [3.63, 3.8) is 0 Å². The van der Waals surface area contributed by atoms with Crippen LogP contribution in [0, 0.1) is 5.92 Å². The maximum Gasteiger partial charge on any atom is 0.404 e. The van der Waals surface area contributed by atoms with Crippen molar-refractivity contribution < 1.29 is 9.90 Å². The van der Waals surface area contributed by atoms with Gasteiger partial charge in [-0.25, -0.2) is 4.79 Å². The normalized spacial score (nSPS) is 10.8. The molecule has 0 aromatic heterocycles. The van der Waals surface area contributed by atoms with E-state index >= 15 is 0 Å². The van der Waals surface area contributed by atoms with Crippen LogP contribution in [0.25, 0.3) is 0 Å². The highest BCUT2D eigenvalue weighted by atomic mass is 16.4. The Labute approximate surface area is 112 Å². The number of rotatable bonds is 12. The molecule has 0 saturated heterocycles. The lowest BCUT2D eigenvalue weighted by atomic mass is 10.0. The Morgan fingerprint density at radius 3 is 1.78 bits per heavy atom. The van der Waals surface area contributed by atoms with Gasteiger partial charge in [-0.05, 0) is 12.3 Å². The zero-order valence-corrected chi connectivity index (χ0v) is 12.2. The van der Waals surface area contributed by atoms with Crippen LogP contribution in [0.5, 0.6) is 0 Å². The highest BCUT2D eigenvalue weighted by Gasteiger charge is 1.96. The summed E-state index contributed by atoms with van der Waals surface area (Å²) in [6.07, 6.45) is 12.0. The summed E-state index contributed by atoms with van der Waals surface area (Å²) in [5, 5.41) is 10.8. The molecule has 2 N–H and O–H groups in total. The van der Waals surface area contributed by atoms with Gasteiger partial charge in [-0.2, -0.15) is 0 Å². The first-order valence-corrected chi connectivity index (χ1v) is 7.59. The van der Waals surface area contributed by atoms with Crippen LogP contribution in [-0.2, 0) is 0 Å². The van der Waals surface area contributed by atoms with Crippen LogP contribution < -0.4 is 5.32 Å². The second-order valence-electron chi connectivity index (χ2n) is 5.60. The fourth-order valence-electron chi connectivity index (χ4n) is 2.11. The fourth-order valence-corrected chi connectivity index (χ4v) is 2.11. The van der Waals surface area contributed by atoms with E-state index in [1.165, 1.54) is 51.4 Å². The molecule has 18 heavy (non-hydrogen) atoms. The van der Waals surface area contributed by atoms with Gasteiger partial charge in [0.2, 0.25) is 0 Å². The smallest absolute Gasteiger partial charge is 0.404 e. The molecule has 0 saturated carbocycles. The number of amides is 1. The summed E-state index contributed by atoms with van der Waals surface area (Å²) in [6.45, 7) is 5.18. The lowest BCUT2D eigenvalue weighted by Gasteiger charge is -2.04. The highest BCUT2D eigenvalue weighted by molar-refractivity contribution is 5.64. The van der Waals surface area contributed by atoms with Crippen molar-refractivity contribution in [3.05, 3.63) is 0 Å². The first-order chi connectivity index (χ1) is 8.63. The summed E-state index contributed by atoms with van der Waals surface area (Å²) in [6, 6.07) is 0. The van der Waals surface area contributed by atoms with Crippen molar-refractivity contribution in [2.24, 2.45) is 5.92 Å². The Bertz CT molecular complexity index is 193. The molecule has 0 aromatic rings. The van der Waals surface area contributed by atoms with Crippen molar-refractivity contribution in [2.75, 3.05) is 6.54 Å². The van der Waals surface area contributed by atoms with Gasteiger partial charge in [-0.3, -0.25) is 0 Å². The standard InChI is InChI=1S/C15H31NO2/c1-14(2)12-10-8-6-4-3-5-7-9-11-13-16-15(17)18/h14,16H,3-13H2,1-2H3,(H,17,18). The minimum atomic E-state index is -0.906. The third-order valence-electron chi connectivity index (χ3n) is 3.23. The average molecular weight is 257 g/mol. The molecule has 3 nitrogen and oxygen atoms in total. The Morgan fingerprint density at radius 2 is 1.33 bits per heavy atom. The van der Waals surface area contributed by atoms with Gasteiger partial charge in [-0.1, -0.05) is 71.6 Å². The Morgan fingerprint density at radius 1 is 0.889 bits per heavy atom. The SMILES string of the molecule is CC(C)CCCCCCCCCCCNC(=O)O. The van der Waals surface area contributed by atoms with Crippen LogP contribution in [0.2, 0.25) is 0 Å². The molecule has 3 heteroatoms. The number of unbranched alkanes of at least 4 members (excludes halogenated alkanes) is 8. The molecule has 0 aliphatic heterocycles. The number of carboxylic acid groups (broad SMARTS) is 1. The minimum absolute atomic E-state index is 0.602. The Hall–Kier alpha value is -0.730. The van der Waals surface area contributed by atoms with E-state index in [-0.39, 0.29) is 0 Å². The molecule has 0 aromatic carbocycles. The van der Waals surface area contributed by atoms with Crippen molar-refractivity contribution in [1.82, 2.24) is 5.32 Å². The fraction of sp³-hybridized carbons (Fsp3) is 0.933. The lowest BCUT2D eigenvalue weighted by Crippen LogP contribution is -2.21. The van der Waals surface area contributed by atoms with Gasteiger partial charge in [0.05, 0.1) is 0 Å². The molecule has 0 bridgehead atoms. The predicted octanol–water partition coefficient (Wildman–Crippen LogP) is 4.81. The van der Waals surface area contributed by atoms with E-state index < -0.39 is 6.09 Å². The summed E-state index contributed by atoms with van der Waals surface area (Å²) in [5.41, 5.74) is 0. The van der Waals surface area contributed by atoms with E-state index in [9.17, 15) is 4.79 Å². The molecular formula is C15H31NO2. The van der Waals surface area contributed by atoms with Gasteiger partial charge in [-0.15, -0.1) is 0 Å². The predicted molar refractivity (Wildman–Crippen MR) is 77.0 cm³/mol. The van der Waals surface area contributed by atoms with Crippen LogP contribution >= 0.6 is 0 Å². The molecule has 108 valence electrons. The summed E-state index contributed by atoms with van der Waals surface area (Å²) in [5.74, 6) is 0.851. The molecule has 0 rings (SSSR count). The first kappa shape index (κ1) is 17.3. The Kier molecular flexibility index (Phi) is 12.2. The molecule has 0 spiro atoms. The average Bonchev–Trinajstić information content (AvgIpc) is 2.29. The van der Waals surface area contributed by atoms with E-state index in [0.717, 1.165) is 18.8 Å². The number of hydrogen-bond donors (Lipinski definition) is 2. The van der Waals surface area contributed by atoms with E-state index in [1.54, 1.807) is 0 Å². The monoisotopic (exact) mass is 257 g/mol. The lowest BCUT2D eigenvalue weighted by molar-refractivity contribution is 0.194. The second-order valence-corrected chi connectivity index (χ2v) is 5.60. The van der Waals surface area contributed by atoms with E-state index in [0.29, 0.717) is 6.54 Å². The second kappa shape index (κ2) is 12.7. The zero-order chi connectivity index (χ0) is 13.6. The molecule has 0 radical (unpaired) electrons. The highest BCUT2D eigenvalue weighted by Crippen LogP contribution is 2.12. The maximum atomic E-state index is 10.2. The van der Waals surface area contributed by atoms with E-state index in [1.807, 2.05) is 0 Å². The molecule has 0 unspecified atom stereocenters. The molecule has 0 aliphatic rings. The topological polar surface area (TPSA) is 49.3 Å². The van der Waals surface area contributed by atoms with Crippen LogP contribution in [-0.4, -0.2) is 17.7 Å². The van der Waals surface area contributed by atoms with Gasteiger partial charge in [0.25, 0.3) is 0 Å². The minimum Gasteiger partial charge on any atom is -0.465 e.